The van der Waals surface area contributed by atoms with Gasteiger partial charge >= 0.3 is 0 Å². The number of carbonyl (C=O) groups is 1. The molecule has 2 aromatic rings. The number of aryl methyl sites for hydroxylation is 1. The summed E-state index contributed by atoms with van der Waals surface area (Å²) in [6, 6.07) is 4.46. The molecule has 0 aliphatic carbocycles. The summed E-state index contributed by atoms with van der Waals surface area (Å²) in [5.74, 6) is 0.972. The van der Waals surface area contributed by atoms with Crippen LogP contribution < -0.4 is 0 Å². The molecule has 1 aromatic carbocycles. The zero-order chi connectivity index (χ0) is 17.3. The van der Waals surface area contributed by atoms with E-state index in [1.165, 1.54) is 16.8 Å². The van der Waals surface area contributed by atoms with E-state index in [1.54, 1.807) is 19.2 Å². The number of halogens is 1. The van der Waals surface area contributed by atoms with Gasteiger partial charge in [0.1, 0.15) is 5.82 Å². The predicted molar refractivity (Wildman–Crippen MR) is 89.5 cm³/mol. The summed E-state index contributed by atoms with van der Waals surface area (Å²) in [5.41, 5.74) is 1.81. The van der Waals surface area contributed by atoms with E-state index in [-0.39, 0.29) is 11.7 Å². The van der Waals surface area contributed by atoms with Gasteiger partial charge in [0.25, 0.3) is 5.91 Å². The standard InChI is InChI=1S/C18H23FN4O/c1-12(2)14-6-8-22(9-7-14)18(24)16-11-23(21-20-16)17-5-4-15(19)10-13(17)3/h4-5,10-12,14H,6-9H2,1-3H3. The second-order valence-electron chi connectivity index (χ2n) is 6.85. The van der Waals surface area contributed by atoms with Crippen LogP contribution in [0.15, 0.2) is 24.4 Å². The van der Waals surface area contributed by atoms with Gasteiger partial charge in [0.2, 0.25) is 0 Å². The molecular weight excluding hydrogens is 307 g/mol. The first kappa shape index (κ1) is 16.6. The van der Waals surface area contributed by atoms with Crippen LogP contribution >= 0.6 is 0 Å². The van der Waals surface area contributed by atoms with Crippen molar-refractivity contribution in [3.63, 3.8) is 0 Å². The number of nitrogens with zero attached hydrogens (tertiary/aromatic N) is 4. The second kappa shape index (κ2) is 6.71. The first-order valence-electron chi connectivity index (χ1n) is 8.44. The lowest BCUT2D eigenvalue weighted by Gasteiger charge is -2.33. The molecule has 1 aliphatic heterocycles. The Balaban J connectivity index is 1.72. The molecule has 0 atom stereocenters. The van der Waals surface area contributed by atoms with Crippen LogP contribution in [0.3, 0.4) is 0 Å². The maximum Gasteiger partial charge on any atom is 0.276 e. The molecule has 0 bridgehead atoms. The molecule has 0 unspecified atom stereocenters. The molecular formula is C18H23FN4O. The van der Waals surface area contributed by atoms with Crippen LogP contribution in [-0.2, 0) is 0 Å². The van der Waals surface area contributed by atoms with E-state index in [0.717, 1.165) is 37.2 Å². The lowest BCUT2D eigenvalue weighted by molar-refractivity contribution is 0.0661. The number of piperidine rings is 1. The second-order valence-corrected chi connectivity index (χ2v) is 6.85. The molecule has 0 radical (unpaired) electrons. The Morgan fingerprint density at radius 2 is 2.00 bits per heavy atom. The van der Waals surface area contributed by atoms with Crippen molar-refractivity contribution in [2.45, 2.75) is 33.6 Å². The van der Waals surface area contributed by atoms with Crippen LogP contribution in [0.5, 0.6) is 0 Å². The summed E-state index contributed by atoms with van der Waals surface area (Å²) in [6.07, 6.45) is 3.69. The summed E-state index contributed by atoms with van der Waals surface area (Å²) in [4.78, 5) is 14.5. The Morgan fingerprint density at radius 1 is 1.29 bits per heavy atom. The quantitative estimate of drug-likeness (QED) is 0.868. The maximum atomic E-state index is 13.2. The number of rotatable bonds is 3. The van der Waals surface area contributed by atoms with Crippen molar-refractivity contribution in [1.29, 1.82) is 0 Å². The van der Waals surface area contributed by atoms with Crippen LogP contribution in [0.2, 0.25) is 0 Å². The first-order valence-corrected chi connectivity index (χ1v) is 8.44. The molecule has 1 fully saturated rings. The van der Waals surface area contributed by atoms with Gasteiger partial charge in [-0.05, 0) is 55.4 Å². The van der Waals surface area contributed by atoms with E-state index < -0.39 is 0 Å². The van der Waals surface area contributed by atoms with E-state index in [4.69, 9.17) is 0 Å². The zero-order valence-electron chi connectivity index (χ0n) is 14.4. The number of benzene rings is 1. The average Bonchev–Trinajstić information content (AvgIpc) is 3.04. The number of carbonyl (C=O) groups excluding carboxylic acids is 1. The molecule has 0 spiro atoms. The van der Waals surface area contributed by atoms with Crippen molar-refractivity contribution < 1.29 is 9.18 Å². The fourth-order valence-corrected chi connectivity index (χ4v) is 3.29. The fourth-order valence-electron chi connectivity index (χ4n) is 3.29. The number of likely N-dealkylation sites (tertiary alicyclic amines) is 1. The lowest BCUT2D eigenvalue weighted by Crippen LogP contribution is -2.39. The third kappa shape index (κ3) is 3.32. The van der Waals surface area contributed by atoms with Gasteiger partial charge in [0.15, 0.2) is 5.69 Å². The van der Waals surface area contributed by atoms with Crippen molar-refractivity contribution in [1.82, 2.24) is 19.9 Å². The Labute approximate surface area is 141 Å². The lowest BCUT2D eigenvalue weighted by atomic mass is 9.86. The van der Waals surface area contributed by atoms with Gasteiger partial charge in [-0.15, -0.1) is 5.10 Å². The van der Waals surface area contributed by atoms with Crippen LogP contribution in [0.4, 0.5) is 4.39 Å². The molecule has 1 aromatic heterocycles. The fraction of sp³-hybridized carbons (Fsp3) is 0.500. The number of hydrogen-bond donors (Lipinski definition) is 0. The molecule has 0 N–H and O–H groups in total. The van der Waals surface area contributed by atoms with Crippen LogP contribution in [0.1, 0.15) is 42.7 Å². The maximum absolute atomic E-state index is 13.2. The number of aromatic nitrogens is 3. The molecule has 0 saturated carbocycles. The van der Waals surface area contributed by atoms with Crippen molar-refractivity contribution in [2.75, 3.05) is 13.1 Å². The van der Waals surface area contributed by atoms with Crippen LogP contribution in [0, 0.1) is 24.6 Å². The Hall–Kier alpha value is -2.24. The molecule has 1 amide bonds. The molecule has 2 heterocycles. The van der Waals surface area contributed by atoms with E-state index >= 15 is 0 Å². The highest BCUT2D eigenvalue weighted by Gasteiger charge is 2.26. The Kier molecular flexibility index (Phi) is 4.64. The highest BCUT2D eigenvalue weighted by molar-refractivity contribution is 5.92. The van der Waals surface area contributed by atoms with E-state index in [2.05, 4.69) is 24.2 Å². The highest BCUT2D eigenvalue weighted by atomic mass is 19.1. The molecule has 3 rings (SSSR count). The van der Waals surface area contributed by atoms with Gasteiger partial charge in [0.05, 0.1) is 11.9 Å². The Morgan fingerprint density at radius 3 is 2.62 bits per heavy atom. The SMILES string of the molecule is Cc1cc(F)ccc1-n1cc(C(=O)N2CCC(C(C)C)CC2)nn1. The van der Waals surface area contributed by atoms with Crippen LogP contribution in [0.25, 0.3) is 5.69 Å². The van der Waals surface area contributed by atoms with Gasteiger partial charge in [-0.1, -0.05) is 19.1 Å². The largest absolute Gasteiger partial charge is 0.337 e. The minimum atomic E-state index is -0.291. The number of amides is 1. The van der Waals surface area contributed by atoms with Crippen molar-refractivity contribution in [3.8, 4) is 5.69 Å². The van der Waals surface area contributed by atoms with E-state index in [1.807, 2.05) is 4.90 Å². The summed E-state index contributed by atoms with van der Waals surface area (Å²) < 4.78 is 14.8. The molecule has 5 nitrogen and oxygen atoms in total. The van der Waals surface area contributed by atoms with Gasteiger partial charge < -0.3 is 4.90 Å². The smallest absolute Gasteiger partial charge is 0.276 e. The van der Waals surface area contributed by atoms with Gasteiger partial charge in [-0.25, -0.2) is 9.07 Å². The normalized spacial score (nSPS) is 16.0. The summed E-state index contributed by atoms with van der Waals surface area (Å²) in [5, 5.41) is 8.05. The van der Waals surface area contributed by atoms with Crippen molar-refractivity contribution in [3.05, 3.63) is 41.5 Å². The zero-order valence-corrected chi connectivity index (χ0v) is 14.4. The molecule has 1 aliphatic rings. The van der Waals surface area contributed by atoms with Crippen LogP contribution in [-0.4, -0.2) is 38.9 Å². The molecule has 1 saturated heterocycles. The third-order valence-corrected chi connectivity index (χ3v) is 4.89. The van der Waals surface area contributed by atoms with Gasteiger partial charge in [-0.2, -0.15) is 0 Å². The minimum Gasteiger partial charge on any atom is -0.337 e. The predicted octanol–water partition coefficient (Wildman–Crippen LogP) is 3.22. The molecule has 128 valence electrons. The van der Waals surface area contributed by atoms with E-state index in [0.29, 0.717) is 17.5 Å². The Bertz CT molecular complexity index is 732. The van der Waals surface area contributed by atoms with Gasteiger partial charge in [0, 0.05) is 13.1 Å². The minimum absolute atomic E-state index is 0.0804. The summed E-state index contributed by atoms with van der Waals surface area (Å²) in [7, 11) is 0. The monoisotopic (exact) mass is 330 g/mol. The molecule has 6 heteroatoms. The average molecular weight is 330 g/mol. The molecule has 24 heavy (non-hydrogen) atoms. The third-order valence-electron chi connectivity index (χ3n) is 4.89. The topological polar surface area (TPSA) is 51.0 Å². The summed E-state index contributed by atoms with van der Waals surface area (Å²) >= 11 is 0. The van der Waals surface area contributed by atoms with E-state index in [9.17, 15) is 9.18 Å². The van der Waals surface area contributed by atoms with Gasteiger partial charge in [-0.3, -0.25) is 4.79 Å². The van der Waals surface area contributed by atoms with Crippen molar-refractivity contribution >= 4 is 5.91 Å². The summed E-state index contributed by atoms with van der Waals surface area (Å²) in [6.45, 7) is 7.81. The van der Waals surface area contributed by atoms with Crippen molar-refractivity contribution in [2.24, 2.45) is 11.8 Å². The number of hydrogen-bond acceptors (Lipinski definition) is 3. The highest BCUT2D eigenvalue weighted by Crippen LogP contribution is 2.25. The first-order chi connectivity index (χ1) is 11.5.